The average molecular weight is 289 g/mol. The highest BCUT2D eigenvalue weighted by Crippen LogP contribution is 2.23. The van der Waals surface area contributed by atoms with E-state index in [0.717, 1.165) is 29.4 Å². The molecule has 1 rings (SSSR count). The molecule has 2 N–H and O–H groups in total. The highest BCUT2D eigenvalue weighted by atomic mass is 35.5. The molecule has 0 aliphatic rings. The summed E-state index contributed by atoms with van der Waals surface area (Å²) in [4.78, 5) is 2.57. The Labute approximate surface area is 119 Å². The number of nitrogens with zero attached hydrogens (tertiary/aromatic N) is 3. The van der Waals surface area contributed by atoms with E-state index in [0.29, 0.717) is 11.5 Å². The first kappa shape index (κ1) is 15.4. The Morgan fingerprint density at radius 2 is 2.17 bits per heavy atom. The minimum absolute atomic E-state index is 0.0429. The lowest BCUT2D eigenvalue weighted by molar-refractivity contribution is 0.294. The van der Waals surface area contributed by atoms with E-state index in [9.17, 15) is 0 Å². The molecule has 0 amide bonds. The van der Waals surface area contributed by atoms with Crippen LogP contribution in [0, 0.1) is 0 Å². The summed E-state index contributed by atoms with van der Waals surface area (Å²) in [5, 5.41) is 5.26. The van der Waals surface area contributed by atoms with Gasteiger partial charge in [-0.2, -0.15) is 5.10 Å². The zero-order valence-electron chi connectivity index (χ0n) is 11.4. The predicted octanol–water partition coefficient (Wildman–Crippen LogP) is 2.23. The maximum absolute atomic E-state index is 6.36. The van der Waals surface area contributed by atoms with E-state index in [1.807, 2.05) is 18.7 Å². The van der Waals surface area contributed by atoms with Gasteiger partial charge in [0.15, 0.2) is 0 Å². The third kappa shape index (κ3) is 3.22. The molecule has 0 aromatic carbocycles. The summed E-state index contributed by atoms with van der Waals surface area (Å²) < 4.78 is 1.95. The molecular formula is C12H21ClN4S. The van der Waals surface area contributed by atoms with Crippen LogP contribution < -0.4 is 5.73 Å². The number of aromatic nitrogens is 2. The molecule has 1 atom stereocenters. The molecule has 0 saturated carbocycles. The van der Waals surface area contributed by atoms with Crippen molar-refractivity contribution >= 4 is 28.8 Å². The summed E-state index contributed by atoms with van der Waals surface area (Å²) in [6.07, 6.45) is 0.841. The summed E-state index contributed by atoms with van der Waals surface area (Å²) in [5.74, 6) is 0. The van der Waals surface area contributed by atoms with Crippen LogP contribution in [0.15, 0.2) is 0 Å². The van der Waals surface area contributed by atoms with Crippen LogP contribution in [0.1, 0.15) is 32.2 Å². The van der Waals surface area contributed by atoms with Gasteiger partial charge in [-0.25, -0.2) is 0 Å². The van der Waals surface area contributed by atoms with Crippen molar-refractivity contribution in [2.75, 3.05) is 7.05 Å². The number of rotatable bonds is 6. The number of hydrogen-bond donors (Lipinski definition) is 1. The van der Waals surface area contributed by atoms with Gasteiger partial charge in [0.05, 0.1) is 27.4 Å². The van der Waals surface area contributed by atoms with Gasteiger partial charge in [0, 0.05) is 13.1 Å². The molecule has 0 aliphatic heterocycles. The monoisotopic (exact) mass is 288 g/mol. The molecule has 1 unspecified atom stereocenters. The lowest BCUT2D eigenvalue weighted by Crippen LogP contribution is -2.39. The first-order valence-corrected chi connectivity index (χ1v) is 6.94. The molecule has 1 aromatic rings. The Morgan fingerprint density at radius 1 is 1.56 bits per heavy atom. The second kappa shape index (κ2) is 6.50. The van der Waals surface area contributed by atoms with E-state index >= 15 is 0 Å². The third-order valence-electron chi connectivity index (χ3n) is 3.17. The summed E-state index contributed by atoms with van der Waals surface area (Å²) in [5.41, 5.74) is 7.64. The van der Waals surface area contributed by atoms with E-state index in [1.54, 1.807) is 0 Å². The summed E-state index contributed by atoms with van der Waals surface area (Å²) in [6.45, 7) is 7.61. The van der Waals surface area contributed by atoms with Crippen LogP contribution in [0.2, 0.25) is 5.02 Å². The second-order valence-electron chi connectivity index (χ2n) is 4.37. The fourth-order valence-corrected chi connectivity index (χ4v) is 2.27. The van der Waals surface area contributed by atoms with Crippen molar-refractivity contribution in [3.05, 3.63) is 16.4 Å². The topological polar surface area (TPSA) is 47.1 Å². The molecule has 4 nitrogen and oxygen atoms in total. The fourth-order valence-electron chi connectivity index (χ4n) is 1.76. The molecule has 0 radical (unpaired) electrons. The lowest BCUT2D eigenvalue weighted by atomic mass is 10.2. The van der Waals surface area contributed by atoms with Gasteiger partial charge < -0.3 is 5.73 Å². The van der Waals surface area contributed by atoms with Crippen LogP contribution in [-0.2, 0) is 19.5 Å². The van der Waals surface area contributed by atoms with E-state index in [-0.39, 0.29) is 6.04 Å². The molecule has 0 saturated heterocycles. The van der Waals surface area contributed by atoms with Gasteiger partial charge in [0.25, 0.3) is 0 Å². The number of nitrogens with two attached hydrogens (primary N) is 1. The van der Waals surface area contributed by atoms with Crippen molar-refractivity contribution in [1.29, 1.82) is 0 Å². The smallest absolute Gasteiger partial charge is 0.0899 e. The minimum Gasteiger partial charge on any atom is -0.392 e. The molecule has 6 heteroatoms. The Bertz CT molecular complexity index is 430. The Kier molecular flexibility index (Phi) is 5.56. The second-order valence-corrected chi connectivity index (χ2v) is 5.22. The largest absolute Gasteiger partial charge is 0.392 e. The predicted molar refractivity (Wildman–Crippen MR) is 80.0 cm³/mol. The van der Waals surface area contributed by atoms with Crippen molar-refractivity contribution in [2.45, 2.75) is 46.3 Å². The third-order valence-corrected chi connectivity index (χ3v) is 3.94. The summed E-state index contributed by atoms with van der Waals surface area (Å²) in [7, 11) is 1.98. The van der Waals surface area contributed by atoms with Gasteiger partial charge in [-0.05, 0) is 27.3 Å². The summed E-state index contributed by atoms with van der Waals surface area (Å²) in [6, 6.07) is 0.0429. The highest BCUT2D eigenvalue weighted by Gasteiger charge is 2.19. The van der Waals surface area contributed by atoms with Gasteiger partial charge >= 0.3 is 0 Å². The highest BCUT2D eigenvalue weighted by molar-refractivity contribution is 7.80. The van der Waals surface area contributed by atoms with Crippen molar-refractivity contribution in [3.63, 3.8) is 0 Å². The fraction of sp³-hybridized carbons (Fsp3) is 0.667. The van der Waals surface area contributed by atoms with Crippen LogP contribution in [0.5, 0.6) is 0 Å². The number of hydrogen-bond acceptors (Lipinski definition) is 3. The number of halogens is 1. The van der Waals surface area contributed by atoms with E-state index < -0.39 is 0 Å². The molecule has 0 aliphatic carbocycles. The van der Waals surface area contributed by atoms with Crippen LogP contribution in [0.3, 0.4) is 0 Å². The molecule has 0 fully saturated rings. The maximum atomic E-state index is 6.36. The Balaban J connectivity index is 2.96. The molecule has 102 valence electrons. The summed E-state index contributed by atoms with van der Waals surface area (Å²) >= 11 is 11.4. The van der Waals surface area contributed by atoms with Crippen LogP contribution in [0.25, 0.3) is 0 Å². The van der Waals surface area contributed by atoms with E-state index in [2.05, 4.69) is 23.8 Å². The zero-order valence-corrected chi connectivity index (χ0v) is 13.0. The van der Waals surface area contributed by atoms with Gasteiger partial charge in [0.1, 0.15) is 0 Å². The Morgan fingerprint density at radius 3 is 2.61 bits per heavy atom. The quantitative estimate of drug-likeness (QED) is 0.816. The maximum Gasteiger partial charge on any atom is 0.0899 e. The van der Waals surface area contributed by atoms with Crippen LogP contribution >= 0.6 is 23.8 Å². The van der Waals surface area contributed by atoms with E-state index in [4.69, 9.17) is 29.6 Å². The molecular weight excluding hydrogens is 268 g/mol. The normalized spacial score (nSPS) is 13.0. The van der Waals surface area contributed by atoms with Crippen molar-refractivity contribution in [1.82, 2.24) is 14.7 Å². The van der Waals surface area contributed by atoms with Crippen LogP contribution in [0.4, 0.5) is 0 Å². The number of thiocarbonyl (C=S) groups is 1. The van der Waals surface area contributed by atoms with Crippen molar-refractivity contribution in [3.8, 4) is 0 Å². The SMILES string of the molecule is CCc1nn(CC)c(CN(C)C(C)C(N)=S)c1Cl. The molecule has 0 bridgehead atoms. The zero-order chi connectivity index (χ0) is 13.9. The molecule has 0 spiro atoms. The van der Waals surface area contributed by atoms with Crippen molar-refractivity contribution in [2.24, 2.45) is 5.73 Å². The average Bonchev–Trinajstić information content (AvgIpc) is 2.65. The van der Waals surface area contributed by atoms with E-state index in [1.165, 1.54) is 0 Å². The minimum atomic E-state index is 0.0429. The Hall–Kier alpha value is -0.650. The van der Waals surface area contributed by atoms with Gasteiger partial charge in [-0.15, -0.1) is 0 Å². The standard InChI is InChI=1S/C12H21ClN4S/c1-5-9-11(13)10(17(6-2)15-9)7-16(4)8(3)12(14)18/h8H,5-7H2,1-4H3,(H2,14,18). The van der Waals surface area contributed by atoms with Crippen LogP contribution in [-0.4, -0.2) is 32.8 Å². The lowest BCUT2D eigenvalue weighted by Gasteiger charge is -2.23. The first-order chi connectivity index (χ1) is 8.42. The molecule has 18 heavy (non-hydrogen) atoms. The molecule has 1 heterocycles. The van der Waals surface area contributed by atoms with Gasteiger partial charge in [-0.3, -0.25) is 9.58 Å². The van der Waals surface area contributed by atoms with Gasteiger partial charge in [-0.1, -0.05) is 30.7 Å². The number of aryl methyl sites for hydroxylation is 2. The van der Waals surface area contributed by atoms with Gasteiger partial charge in [0.2, 0.25) is 0 Å². The van der Waals surface area contributed by atoms with Crippen molar-refractivity contribution < 1.29 is 0 Å². The molecule has 1 aromatic heterocycles. The number of likely N-dealkylation sites (N-methyl/N-ethyl adjacent to an activating group) is 1. The first-order valence-electron chi connectivity index (χ1n) is 6.15.